The van der Waals surface area contributed by atoms with E-state index in [4.69, 9.17) is 0 Å². The van der Waals surface area contributed by atoms with Gasteiger partial charge in [0.15, 0.2) is 0 Å². The van der Waals surface area contributed by atoms with Crippen molar-refractivity contribution in [2.45, 2.75) is 24.9 Å². The molecule has 0 radical (unpaired) electrons. The average molecular weight is 317 g/mol. The van der Waals surface area contributed by atoms with Crippen LogP contribution in [0, 0.1) is 12.3 Å². The summed E-state index contributed by atoms with van der Waals surface area (Å²) in [5, 5.41) is 0. The van der Waals surface area contributed by atoms with Crippen molar-refractivity contribution in [1.29, 1.82) is 0 Å². The summed E-state index contributed by atoms with van der Waals surface area (Å²) in [6.45, 7) is 9.19. The lowest BCUT2D eigenvalue weighted by Gasteiger charge is -2.59. The number of alkyl halides is 3. The van der Waals surface area contributed by atoms with E-state index in [1.807, 2.05) is 0 Å². The van der Waals surface area contributed by atoms with Crippen LogP contribution in [-0.2, 0) is 6.18 Å². The fourth-order valence-electron chi connectivity index (χ4n) is 3.03. The number of aromatic nitrogens is 1. The van der Waals surface area contributed by atoms with Crippen molar-refractivity contribution in [3.8, 4) is 0 Å². The summed E-state index contributed by atoms with van der Waals surface area (Å²) in [6, 6.07) is 2.59. The van der Waals surface area contributed by atoms with Crippen molar-refractivity contribution >= 4 is 11.9 Å². The second-order valence-electron chi connectivity index (χ2n) is 5.97. The van der Waals surface area contributed by atoms with Crippen LogP contribution in [-0.4, -0.2) is 46.9 Å². The van der Waals surface area contributed by atoms with Gasteiger partial charge in [-0.15, -0.1) is 0 Å². The Labute approximate surface area is 126 Å². The van der Waals surface area contributed by atoms with Gasteiger partial charge in [0.2, 0.25) is 0 Å². The van der Waals surface area contributed by atoms with Crippen molar-refractivity contribution in [3.63, 3.8) is 0 Å². The van der Waals surface area contributed by atoms with Crippen molar-refractivity contribution in [1.82, 2.24) is 14.2 Å². The highest BCUT2D eigenvalue weighted by atomic mass is 32.2. The van der Waals surface area contributed by atoms with E-state index in [1.54, 1.807) is 6.92 Å². The zero-order valence-electron chi connectivity index (χ0n) is 12.1. The molecule has 2 aliphatic heterocycles. The maximum absolute atomic E-state index is 12.6. The van der Waals surface area contributed by atoms with Crippen molar-refractivity contribution in [3.05, 3.63) is 23.5 Å². The standard InChI is InChI=1S/C14H18F3N3S/c1-3-19-6-13(7-19)8-20(9-13)21-11-4-5-12(14(15,16)17)18-10(11)2/h4-5H,3,6-9H2,1-2H3. The molecular formula is C14H18F3N3S. The van der Waals surface area contributed by atoms with Crippen molar-refractivity contribution < 1.29 is 13.2 Å². The van der Waals surface area contributed by atoms with Gasteiger partial charge in [-0.25, -0.2) is 9.29 Å². The molecule has 3 heterocycles. The minimum Gasteiger partial charge on any atom is -0.302 e. The number of hydrogen-bond donors (Lipinski definition) is 0. The molecule has 21 heavy (non-hydrogen) atoms. The van der Waals surface area contributed by atoms with E-state index < -0.39 is 11.9 Å². The van der Waals surface area contributed by atoms with Crippen LogP contribution in [0.5, 0.6) is 0 Å². The maximum Gasteiger partial charge on any atom is 0.433 e. The smallest absolute Gasteiger partial charge is 0.302 e. The van der Waals surface area contributed by atoms with Gasteiger partial charge in [-0.05, 0) is 37.5 Å². The molecule has 0 bridgehead atoms. The fraction of sp³-hybridized carbons (Fsp3) is 0.643. The molecule has 2 fully saturated rings. The van der Waals surface area contributed by atoms with Crippen LogP contribution >= 0.6 is 11.9 Å². The summed E-state index contributed by atoms with van der Waals surface area (Å²) >= 11 is 1.52. The number of nitrogens with zero attached hydrogens (tertiary/aromatic N) is 3. The summed E-state index contributed by atoms with van der Waals surface area (Å²) in [6.07, 6.45) is -4.37. The SMILES string of the molecule is CCN1CC2(C1)CN(Sc1ccc(C(F)(F)F)nc1C)C2. The van der Waals surface area contributed by atoms with E-state index in [9.17, 15) is 13.2 Å². The molecule has 0 aromatic carbocycles. The van der Waals surface area contributed by atoms with Crippen LogP contribution in [0.2, 0.25) is 0 Å². The second-order valence-corrected chi connectivity index (χ2v) is 7.11. The molecule has 1 aromatic rings. The predicted molar refractivity (Wildman–Crippen MR) is 76.0 cm³/mol. The molecule has 0 aliphatic carbocycles. The van der Waals surface area contributed by atoms with E-state index >= 15 is 0 Å². The first kappa shape index (κ1) is 15.1. The van der Waals surface area contributed by atoms with Crippen LogP contribution < -0.4 is 0 Å². The molecule has 2 aliphatic rings. The molecule has 7 heteroatoms. The maximum atomic E-state index is 12.6. The van der Waals surface area contributed by atoms with E-state index in [-0.39, 0.29) is 0 Å². The van der Waals surface area contributed by atoms with Crippen LogP contribution in [0.25, 0.3) is 0 Å². The third-order valence-corrected chi connectivity index (χ3v) is 5.29. The highest BCUT2D eigenvalue weighted by Crippen LogP contribution is 2.44. The molecule has 1 aromatic heterocycles. The minimum atomic E-state index is -4.37. The van der Waals surface area contributed by atoms with Gasteiger partial charge in [0, 0.05) is 36.5 Å². The van der Waals surface area contributed by atoms with E-state index in [2.05, 4.69) is 21.1 Å². The molecule has 0 saturated carbocycles. The molecule has 0 N–H and O–H groups in total. The van der Waals surface area contributed by atoms with E-state index in [0.717, 1.165) is 43.7 Å². The topological polar surface area (TPSA) is 19.4 Å². The van der Waals surface area contributed by atoms with Gasteiger partial charge in [0.1, 0.15) is 5.69 Å². The summed E-state index contributed by atoms with van der Waals surface area (Å²) in [7, 11) is 0. The first-order valence-electron chi connectivity index (χ1n) is 7.01. The molecule has 0 unspecified atom stereocenters. The van der Waals surface area contributed by atoms with Crippen molar-refractivity contribution in [2.24, 2.45) is 5.41 Å². The predicted octanol–water partition coefficient (Wildman–Crippen LogP) is 3.05. The van der Waals surface area contributed by atoms with E-state index in [1.165, 1.54) is 18.0 Å². The zero-order chi connectivity index (χ0) is 15.3. The Morgan fingerprint density at radius 2 is 1.90 bits per heavy atom. The first-order chi connectivity index (χ1) is 9.81. The third kappa shape index (κ3) is 2.91. The lowest BCUT2D eigenvalue weighted by Crippen LogP contribution is -2.70. The molecular weight excluding hydrogens is 299 g/mol. The Bertz CT molecular complexity index is 533. The Kier molecular flexibility index (Phi) is 3.70. The van der Waals surface area contributed by atoms with Crippen LogP contribution in [0.3, 0.4) is 0 Å². The van der Waals surface area contributed by atoms with Gasteiger partial charge in [0.05, 0.1) is 5.69 Å². The molecule has 2 saturated heterocycles. The normalized spacial score (nSPS) is 22.1. The Hall–Kier alpha value is -0.790. The van der Waals surface area contributed by atoms with E-state index in [0.29, 0.717) is 11.1 Å². The average Bonchev–Trinajstić information content (AvgIpc) is 2.31. The largest absolute Gasteiger partial charge is 0.433 e. The summed E-state index contributed by atoms with van der Waals surface area (Å²) < 4.78 is 40.0. The van der Waals surface area contributed by atoms with Gasteiger partial charge >= 0.3 is 6.18 Å². The Balaban J connectivity index is 1.58. The lowest BCUT2D eigenvalue weighted by atomic mass is 9.74. The van der Waals surface area contributed by atoms with Gasteiger partial charge in [0.25, 0.3) is 0 Å². The second kappa shape index (κ2) is 5.14. The fourth-order valence-corrected chi connectivity index (χ4v) is 4.30. The summed E-state index contributed by atoms with van der Waals surface area (Å²) in [5.74, 6) is 0. The first-order valence-corrected chi connectivity index (χ1v) is 7.79. The number of likely N-dealkylation sites (tertiary alicyclic amines) is 1. The molecule has 3 rings (SSSR count). The third-order valence-electron chi connectivity index (χ3n) is 4.14. The summed E-state index contributed by atoms with van der Waals surface area (Å²) in [5.41, 5.74) is 0.0533. The number of pyridine rings is 1. The Morgan fingerprint density at radius 3 is 2.43 bits per heavy atom. The van der Waals surface area contributed by atoms with Gasteiger partial charge in [-0.3, -0.25) is 0 Å². The van der Waals surface area contributed by atoms with Crippen LogP contribution in [0.1, 0.15) is 18.3 Å². The van der Waals surface area contributed by atoms with Gasteiger partial charge < -0.3 is 4.90 Å². The molecule has 0 amide bonds. The molecule has 116 valence electrons. The quantitative estimate of drug-likeness (QED) is 0.798. The molecule has 1 spiro atoms. The Morgan fingerprint density at radius 1 is 1.24 bits per heavy atom. The van der Waals surface area contributed by atoms with Crippen LogP contribution in [0.4, 0.5) is 13.2 Å². The highest BCUT2D eigenvalue weighted by molar-refractivity contribution is 7.97. The van der Waals surface area contributed by atoms with Crippen LogP contribution in [0.15, 0.2) is 17.0 Å². The minimum absolute atomic E-state index is 0.427. The number of halogens is 3. The highest BCUT2D eigenvalue weighted by Gasteiger charge is 2.51. The molecule has 3 nitrogen and oxygen atoms in total. The summed E-state index contributed by atoms with van der Waals surface area (Å²) in [4.78, 5) is 6.89. The monoisotopic (exact) mass is 317 g/mol. The van der Waals surface area contributed by atoms with Gasteiger partial charge in [-0.2, -0.15) is 13.2 Å². The number of aryl methyl sites for hydroxylation is 1. The number of hydrogen-bond acceptors (Lipinski definition) is 4. The van der Waals surface area contributed by atoms with Crippen molar-refractivity contribution in [2.75, 3.05) is 32.7 Å². The zero-order valence-corrected chi connectivity index (χ0v) is 12.9. The lowest BCUT2D eigenvalue weighted by molar-refractivity contribution is -0.141. The molecule has 0 atom stereocenters. The van der Waals surface area contributed by atoms with Gasteiger partial charge in [-0.1, -0.05) is 6.92 Å². The number of rotatable bonds is 3.